The molecule has 1 atom stereocenters. The van der Waals surface area contributed by atoms with Crippen LogP contribution >= 0.6 is 23.7 Å². The Labute approximate surface area is 266 Å². The molecule has 7 aromatic rings. The zero-order chi connectivity index (χ0) is 29.9. The Morgan fingerprint density at radius 2 is 0.955 bits per heavy atom. The third kappa shape index (κ3) is 5.76. The molecule has 0 amide bonds. The average molecular weight is 650 g/mol. The summed E-state index contributed by atoms with van der Waals surface area (Å²) in [5.41, 5.74) is 9.79. The molecule has 0 saturated heterocycles. The molecular weight excluding hydrogens is 623 g/mol. The normalized spacial score (nSPS) is 11.4. The first kappa shape index (κ1) is 28.1. The maximum absolute atomic E-state index is 13.5. The summed E-state index contributed by atoms with van der Waals surface area (Å²) in [4.78, 5) is 23.4. The Morgan fingerprint density at radius 1 is 0.477 bits per heavy atom. The summed E-state index contributed by atoms with van der Waals surface area (Å²) < 4.78 is 1.02. The minimum atomic E-state index is -1.70. The molecule has 0 radical (unpaired) electrons. The van der Waals surface area contributed by atoms with E-state index < -0.39 is 7.76 Å². The molecular formula is C39H26BrN2OP. The SMILES string of the molecule is [O-][p+]1ccc(-c2ccc(-c3cc(-c4ccc(Br)cc4)nc(-c4ccccc4)n3)cc2)c(-c2ccccc2)c1-c1ccccc1. The van der Waals surface area contributed by atoms with E-state index in [-0.39, 0.29) is 0 Å². The molecule has 2 heterocycles. The summed E-state index contributed by atoms with van der Waals surface area (Å²) in [6.07, 6.45) is 0. The third-order valence-electron chi connectivity index (χ3n) is 7.60. The Bertz CT molecular complexity index is 2050. The van der Waals surface area contributed by atoms with E-state index >= 15 is 0 Å². The molecule has 7 rings (SSSR count). The second kappa shape index (κ2) is 12.5. The van der Waals surface area contributed by atoms with E-state index in [9.17, 15) is 4.89 Å². The largest absolute Gasteiger partial charge is 0.626 e. The highest BCUT2D eigenvalue weighted by Gasteiger charge is 2.21. The van der Waals surface area contributed by atoms with Crippen molar-refractivity contribution in [2.24, 2.45) is 0 Å². The number of nitrogens with zero attached hydrogens (tertiary/aromatic N) is 2. The lowest BCUT2D eigenvalue weighted by atomic mass is 9.93. The van der Waals surface area contributed by atoms with Crippen molar-refractivity contribution < 1.29 is 4.89 Å². The number of rotatable bonds is 6. The highest BCUT2D eigenvalue weighted by molar-refractivity contribution is 9.10. The average Bonchev–Trinajstić information content (AvgIpc) is 3.09. The van der Waals surface area contributed by atoms with Crippen molar-refractivity contribution >= 4 is 23.7 Å². The van der Waals surface area contributed by atoms with Gasteiger partial charge >= 0.3 is 0 Å². The molecule has 0 saturated carbocycles. The lowest BCUT2D eigenvalue weighted by Crippen LogP contribution is -1.96. The minimum absolute atomic E-state index is 0.681. The van der Waals surface area contributed by atoms with Crippen molar-refractivity contribution in [1.82, 2.24) is 9.97 Å². The molecule has 0 aliphatic heterocycles. The van der Waals surface area contributed by atoms with Crippen LogP contribution in [0.5, 0.6) is 0 Å². The molecule has 1 unspecified atom stereocenters. The first-order valence-corrected chi connectivity index (χ1v) is 16.4. The molecule has 5 aromatic carbocycles. The van der Waals surface area contributed by atoms with Gasteiger partial charge in [-0.25, -0.2) is 9.97 Å². The van der Waals surface area contributed by atoms with Gasteiger partial charge < -0.3 is 4.89 Å². The molecule has 0 N–H and O–H groups in total. The maximum atomic E-state index is 13.5. The van der Waals surface area contributed by atoms with Gasteiger partial charge in [-0.3, -0.25) is 0 Å². The van der Waals surface area contributed by atoms with Crippen LogP contribution in [0.3, 0.4) is 0 Å². The summed E-state index contributed by atoms with van der Waals surface area (Å²) in [5.74, 6) is 2.51. The van der Waals surface area contributed by atoms with Gasteiger partial charge in [-0.1, -0.05) is 143 Å². The van der Waals surface area contributed by atoms with Crippen LogP contribution in [0.1, 0.15) is 0 Å². The van der Waals surface area contributed by atoms with E-state index in [0.717, 1.165) is 65.7 Å². The van der Waals surface area contributed by atoms with Crippen LogP contribution in [0, 0.1) is 0 Å². The standard InChI is InChI=1S/C39H26BrN2OP/c40-33-22-20-29(21-23-33)36-26-35(41-39(42-36)32-14-8-3-9-15-32)28-18-16-27(17-19-28)34-24-25-44(43)38(31-12-6-2-7-13-31)37(34)30-10-4-1-5-11-30/h1-26H. The van der Waals surface area contributed by atoms with Crippen molar-refractivity contribution in [2.75, 3.05) is 0 Å². The van der Waals surface area contributed by atoms with Gasteiger partial charge in [0.15, 0.2) is 11.1 Å². The van der Waals surface area contributed by atoms with Gasteiger partial charge in [-0.05, 0) is 41.0 Å². The summed E-state index contributed by atoms with van der Waals surface area (Å²) in [6.45, 7) is 0. The molecule has 0 spiro atoms. The Hall–Kier alpha value is -4.73. The van der Waals surface area contributed by atoms with E-state index in [0.29, 0.717) is 5.82 Å². The van der Waals surface area contributed by atoms with Gasteiger partial charge in [0.25, 0.3) is 0 Å². The minimum Gasteiger partial charge on any atom is -0.626 e. The molecule has 44 heavy (non-hydrogen) atoms. The highest BCUT2D eigenvalue weighted by atomic mass is 79.9. The topological polar surface area (TPSA) is 48.8 Å². The summed E-state index contributed by atoms with van der Waals surface area (Å²) in [6, 6.07) is 51.1. The second-order valence-corrected chi connectivity index (χ2v) is 12.7. The van der Waals surface area contributed by atoms with Crippen molar-refractivity contribution in [3.63, 3.8) is 0 Å². The molecule has 0 aliphatic carbocycles. The van der Waals surface area contributed by atoms with Gasteiger partial charge in [0.05, 0.1) is 19.1 Å². The maximum Gasteiger partial charge on any atom is 0.160 e. The van der Waals surface area contributed by atoms with Crippen LogP contribution in [0.2, 0.25) is 0 Å². The fraction of sp³-hybridized carbons (Fsp3) is 0. The lowest BCUT2D eigenvalue weighted by molar-refractivity contribution is -0.150. The van der Waals surface area contributed by atoms with Gasteiger partial charge in [0, 0.05) is 32.3 Å². The van der Waals surface area contributed by atoms with Crippen LogP contribution in [0.25, 0.3) is 67.0 Å². The van der Waals surface area contributed by atoms with Crippen LogP contribution in [0.4, 0.5) is 0 Å². The first-order chi connectivity index (χ1) is 21.6. The monoisotopic (exact) mass is 648 g/mol. The quantitative estimate of drug-likeness (QED) is 0.180. The zero-order valence-electron chi connectivity index (χ0n) is 23.6. The molecule has 0 aliphatic rings. The number of benzene rings is 5. The van der Waals surface area contributed by atoms with Crippen molar-refractivity contribution in [1.29, 1.82) is 0 Å². The molecule has 0 fully saturated rings. The van der Waals surface area contributed by atoms with Crippen molar-refractivity contribution in [2.45, 2.75) is 0 Å². The van der Waals surface area contributed by atoms with E-state index in [1.807, 2.05) is 109 Å². The van der Waals surface area contributed by atoms with E-state index in [4.69, 9.17) is 9.97 Å². The smallest absolute Gasteiger partial charge is 0.160 e. The van der Waals surface area contributed by atoms with Gasteiger partial charge in [0.2, 0.25) is 0 Å². The van der Waals surface area contributed by atoms with Gasteiger partial charge in [-0.2, -0.15) is 0 Å². The van der Waals surface area contributed by atoms with E-state index in [1.165, 1.54) is 0 Å². The number of halogens is 1. The molecule has 2 aromatic heterocycles. The zero-order valence-corrected chi connectivity index (χ0v) is 26.1. The fourth-order valence-electron chi connectivity index (χ4n) is 5.44. The molecule has 0 bridgehead atoms. The van der Waals surface area contributed by atoms with Crippen molar-refractivity contribution in [3.05, 3.63) is 162 Å². The summed E-state index contributed by atoms with van der Waals surface area (Å²) >= 11 is 3.54. The van der Waals surface area contributed by atoms with Gasteiger partial charge in [0.1, 0.15) is 5.80 Å². The first-order valence-electron chi connectivity index (χ1n) is 14.3. The fourth-order valence-corrected chi connectivity index (χ4v) is 7.01. The highest BCUT2D eigenvalue weighted by Crippen LogP contribution is 2.47. The van der Waals surface area contributed by atoms with Crippen LogP contribution in [-0.2, 0) is 0 Å². The predicted molar refractivity (Wildman–Crippen MR) is 185 cm³/mol. The van der Waals surface area contributed by atoms with Crippen LogP contribution in [-0.4, -0.2) is 9.97 Å². The van der Waals surface area contributed by atoms with Crippen molar-refractivity contribution in [3.8, 4) is 67.0 Å². The number of aromatic nitrogens is 2. The third-order valence-corrected chi connectivity index (χ3v) is 9.47. The predicted octanol–water partition coefficient (Wildman–Crippen LogP) is 10.6. The van der Waals surface area contributed by atoms with E-state index in [1.54, 1.807) is 0 Å². The molecule has 5 heteroatoms. The number of hydrogen-bond acceptors (Lipinski definition) is 3. The van der Waals surface area contributed by atoms with Gasteiger partial charge in [-0.15, -0.1) is 0 Å². The molecule has 210 valence electrons. The van der Waals surface area contributed by atoms with Crippen LogP contribution in [0.15, 0.2) is 162 Å². The Morgan fingerprint density at radius 3 is 1.52 bits per heavy atom. The lowest BCUT2D eigenvalue weighted by Gasteiger charge is -2.15. The summed E-state index contributed by atoms with van der Waals surface area (Å²) in [7, 11) is -1.70. The Kier molecular flexibility index (Phi) is 7.96. The molecule has 3 nitrogen and oxygen atoms in total. The van der Waals surface area contributed by atoms with Crippen LogP contribution < -0.4 is 4.89 Å². The van der Waals surface area contributed by atoms with E-state index in [2.05, 4.69) is 64.5 Å². The number of hydrogen-bond donors (Lipinski definition) is 0. The summed E-state index contributed by atoms with van der Waals surface area (Å²) in [5, 5.41) is 0.857. The Balaban J connectivity index is 1.35. The second-order valence-electron chi connectivity index (χ2n) is 10.4.